The lowest BCUT2D eigenvalue weighted by molar-refractivity contribution is 0.0893. The third kappa shape index (κ3) is 2.75. The molecule has 1 aromatic heterocycles. The molecule has 6 nitrogen and oxygen atoms in total. The standard InChI is InChI=1S/C21H12BrN3O3S/c1-28-12-8-9-16(22)15(10-12)18-23-24-21(29-18)25-19(26)13-6-2-4-11-5-3-7-14(17(11)13)20(25)27/h2-10H,1H3. The van der Waals surface area contributed by atoms with Gasteiger partial charge in [-0.1, -0.05) is 51.5 Å². The summed E-state index contributed by atoms with van der Waals surface area (Å²) in [5, 5.41) is 10.7. The summed E-state index contributed by atoms with van der Waals surface area (Å²) in [6.45, 7) is 0. The zero-order valence-electron chi connectivity index (χ0n) is 15.0. The molecule has 2 heterocycles. The second-order valence-electron chi connectivity index (χ2n) is 6.39. The van der Waals surface area contributed by atoms with Gasteiger partial charge in [0.05, 0.1) is 7.11 Å². The van der Waals surface area contributed by atoms with Crippen molar-refractivity contribution in [3.63, 3.8) is 0 Å². The number of hydrogen-bond donors (Lipinski definition) is 0. The summed E-state index contributed by atoms with van der Waals surface area (Å²) in [6, 6.07) is 16.4. The van der Waals surface area contributed by atoms with E-state index in [-0.39, 0.29) is 5.13 Å². The molecule has 0 saturated heterocycles. The molecule has 2 amide bonds. The number of nitrogens with zero attached hydrogens (tertiary/aromatic N) is 3. The minimum absolute atomic E-state index is 0.233. The number of hydrogen-bond acceptors (Lipinski definition) is 6. The van der Waals surface area contributed by atoms with E-state index in [1.807, 2.05) is 42.5 Å². The number of benzene rings is 3. The summed E-state index contributed by atoms with van der Waals surface area (Å²) in [5.74, 6) is -0.121. The van der Waals surface area contributed by atoms with Crippen molar-refractivity contribution < 1.29 is 14.3 Å². The third-order valence-corrected chi connectivity index (χ3v) is 6.41. The number of aromatic nitrogens is 2. The van der Waals surface area contributed by atoms with Crippen molar-refractivity contribution in [2.45, 2.75) is 0 Å². The van der Waals surface area contributed by atoms with Crippen molar-refractivity contribution in [2.75, 3.05) is 12.0 Å². The first-order valence-electron chi connectivity index (χ1n) is 8.66. The van der Waals surface area contributed by atoms with Crippen LogP contribution in [0.4, 0.5) is 5.13 Å². The van der Waals surface area contributed by atoms with Crippen molar-refractivity contribution in [1.82, 2.24) is 10.2 Å². The van der Waals surface area contributed by atoms with Gasteiger partial charge in [0.1, 0.15) is 5.75 Å². The molecule has 0 N–H and O–H groups in total. The van der Waals surface area contributed by atoms with Crippen LogP contribution in [0, 0.1) is 0 Å². The predicted molar refractivity (Wildman–Crippen MR) is 115 cm³/mol. The molecule has 8 heteroatoms. The fourth-order valence-corrected chi connectivity index (χ4v) is 4.85. The van der Waals surface area contributed by atoms with Crippen LogP contribution >= 0.6 is 27.3 Å². The van der Waals surface area contributed by atoms with Crippen molar-refractivity contribution in [2.24, 2.45) is 0 Å². The number of imide groups is 1. The van der Waals surface area contributed by atoms with E-state index in [9.17, 15) is 9.59 Å². The zero-order chi connectivity index (χ0) is 20.1. The highest BCUT2D eigenvalue weighted by molar-refractivity contribution is 9.10. The van der Waals surface area contributed by atoms with Crippen LogP contribution in [0.5, 0.6) is 5.75 Å². The Bertz CT molecular complexity index is 1270. The Balaban J connectivity index is 1.62. The summed E-state index contributed by atoms with van der Waals surface area (Å²) < 4.78 is 6.09. The number of anilines is 1. The monoisotopic (exact) mass is 465 g/mol. The van der Waals surface area contributed by atoms with Crippen LogP contribution < -0.4 is 9.64 Å². The molecule has 5 rings (SSSR count). The number of amides is 2. The highest BCUT2D eigenvalue weighted by Gasteiger charge is 2.36. The van der Waals surface area contributed by atoms with Crippen LogP contribution in [0.1, 0.15) is 20.7 Å². The van der Waals surface area contributed by atoms with Gasteiger partial charge in [-0.25, -0.2) is 4.90 Å². The molecule has 0 saturated carbocycles. The number of rotatable bonds is 3. The van der Waals surface area contributed by atoms with E-state index in [2.05, 4.69) is 26.1 Å². The van der Waals surface area contributed by atoms with Gasteiger partial charge in [-0.15, -0.1) is 10.2 Å². The fourth-order valence-electron chi connectivity index (χ4n) is 3.41. The summed E-state index contributed by atoms with van der Waals surface area (Å²) in [6.07, 6.45) is 0. The maximum atomic E-state index is 13.1. The molecule has 1 aliphatic rings. The fraction of sp³-hybridized carbons (Fsp3) is 0.0476. The Hall–Kier alpha value is -3.10. The van der Waals surface area contributed by atoms with Crippen LogP contribution in [0.25, 0.3) is 21.3 Å². The van der Waals surface area contributed by atoms with E-state index >= 15 is 0 Å². The number of carbonyl (C=O) groups is 2. The van der Waals surface area contributed by atoms with Crippen LogP contribution in [-0.2, 0) is 0 Å². The van der Waals surface area contributed by atoms with E-state index in [0.717, 1.165) is 20.3 Å². The lowest BCUT2D eigenvalue weighted by Gasteiger charge is -2.24. The van der Waals surface area contributed by atoms with Crippen LogP contribution in [-0.4, -0.2) is 29.1 Å². The molecule has 0 atom stereocenters. The number of halogens is 1. The second kappa shape index (κ2) is 6.75. The van der Waals surface area contributed by atoms with Crippen molar-refractivity contribution in [1.29, 1.82) is 0 Å². The van der Waals surface area contributed by atoms with E-state index < -0.39 is 11.8 Å². The maximum Gasteiger partial charge on any atom is 0.267 e. The van der Waals surface area contributed by atoms with Crippen molar-refractivity contribution >= 4 is 55.0 Å². The first-order chi connectivity index (χ1) is 14.1. The van der Waals surface area contributed by atoms with Crippen molar-refractivity contribution in [3.8, 4) is 16.3 Å². The quantitative estimate of drug-likeness (QED) is 0.401. The Morgan fingerprint density at radius 2 is 1.62 bits per heavy atom. The molecule has 0 bridgehead atoms. The number of carbonyl (C=O) groups excluding carboxylic acids is 2. The van der Waals surface area contributed by atoms with Crippen LogP contribution in [0.3, 0.4) is 0 Å². The molecule has 3 aromatic carbocycles. The normalized spacial score (nSPS) is 13.2. The lowest BCUT2D eigenvalue weighted by Crippen LogP contribution is -2.40. The average Bonchev–Trinajstić information content (AvgIpc) is 3.22. The van der Waals surface area contributed by atoms with E-state index in [1.165, 1.54) is 11.3 Å². The lowest BCUT2D eigenvalue weighted by atomic mass is 9.94. The summed E-state index contributed by atoms with van der Waals surface area (Å²) in [4.78, 5) is 27.4. The average molecular weight is 466 g/mol. The maximum absolute atomic E-state index is 13.1. The Morgan fingerprint density at radius 1 is 0.931 bits per heavy atom. The van der Waals surface area contributed by atoms with Gasteiger partial charge in [0.25, 0.3) is 11.8 Å². The van der Waals surface area contributed by atoms with E-state index in [4.69, 9.17) is 4.74 Å². The van der Waals surface area contributed by atoms with Gasteiger partial charge >= 0.3 is 0 Å². The predicted octanol–water partition coefficient (Wildman–Crippen LogP) is 4.93. The SMILES string of the molecule is COc1ccc(Br)c(-c2nnc(N3C(=O)c4cccc5cccc(c45)C3=O)s2)c1. The van der Waals surface area contributed by atoms with Gasteiger partial charge in [-0.05, 0) is 35.7 Å². The first kappa shape index (κ1) is 18.0. The molecular weight excluding hydrogens is 454 g/mol. The highest BCUT2D eigenvalue weighted by atomic mass is 79.9. The smallest absolute Gasteiger partial charge is 0.267 e. The Morgan fingerprint density at radius 3 is 2.28 bits per heavy atom. The van der Waals surface area contributed by atoms with Gasteiger partial charge in [0, 0.05) is 26.5 Å². The Kier molecular flexibility index (Phi) is 4.18. The molecular formula is C21H12BrN3O3S. The van der Waals surface area contributed by atoms with Gasteiger partial charge in [0.2, 0.25) is 5.13 Å². The summed E-state index contributed by atoms with van der Waals surface area (Å²) >= 11 is 4.68. The summed E-state index contributed by atoms with van der Waals surface area (Å²) in [7, 11) is 1.58. The second-order valence-corrected chi connectivity index (χ2v) is 8.20. The molecule has 0 spiro atoms. The zero-order valence-corrected chi connectivity index (χ0v) is 17.5. The van der Waals surface area contributed by atoms with Gasteiger partial charge in [-0.2, -0.15) is 0 Å². The summed E-state index contributed by atoms with van der Waals surface area (Å²) in [5.41, 5.74) is 1.74. The molecule has 0 fully saturated rings. The largest absolute Gasteiger partial charge is 0.497 e. The molecule has 0 aliphatic carbocycles. The topological polar surface area (TPSA) is 72.4 Å². The van der Waals surface area contributed by atoms with Crippen LogP contribution in [0.15, 0.2) is 59.1 Å². The van der Waals surface area contributed by atoms with E-state index in [0.29, 0.717) is 27.3 Å². The van der Waals surface area contributed by atoms with Crippen LogP contribution in [0.2, 0.25) is 0 Å². The number of methoxy groups -OCH3 is 1. The first-order valence-corrected chi connectivity index (χ1v) is 10.3. The minimum Gasteiger partial charge on any atom is -0.497 e. The molecule has 142 valence electrons. The molecule has 29 heavy (non-hydrogen) atoms. The molecule has 1 aliphatic heterocycles. The molecule has 0 radical (unpaired) electrons. The molecule has 0 unspecified atom stereocenters. The third-order valence-electron chi connectivity index (χ3n) is 4.78. The van der Waals surface area contributed by atoms with Gasteiger partial charge < -0.3 is 4.74 Å². The van der Waals surface area contributed by atoms with E-state index in [1.54, 1.807) is 19.2 Å². The highest BCUT2D eigenvalue weighted by Crippen LogP contribution is 2.38. The molecule has 4 aromatic rings. The Labute approximate surface area is 177 Å². The van der Waals surface area contributed by atoms with Gasteiger partial charge in [-0.3, -0.25) is 9.59 Å². The minimum atomic E-state index is -0.397. The van der Waals surface area contributed by atoms with Gasteiger partial charge in [0.15, 0.2) is 5.01 Å². The number of ether oxygens (including phenoxy) is 1. The van der Waals surface area contributed by atoms with Crippen molar-refractivity contribution in [3.05, 3.63) is 70.2 Å².